The third-order valence-electron chi connectivity index (χ3n) is 4.66. The van der Waals surface area contributed by atoms with Crippen LogP contribution in [0.25, 0.3) is 0 Å². The second kappa shape index (κ2) is 10.4. The lowest BCUT2D eigenvalue weighted by molar-refractivity contribution is -0.158. The number of aromatic hydroxyl groups is 1. The fourth-order valence-corrected chi connectivity index (χ4v) is 3.17. The van der Waals surface area contributed by atoms with Gasteiger partial charge in [-0.15, -0.1) is 0 Å². The third-order valence-corrected chi connectivity index (χ3v) is 4.66. The van der Waals surface area contributed by atoms with E-state index in [1.807, 2.05) is 79.7 Å². The summed E-state index contributed by atoms with van der Waals surface area (Å²) in [4.78, 5) is 12.6. The summed E-state index contributed by atoms with van der Waals surface area (Å²) >= 11 is 0. The van der Waals surface area contributed by atoms with Crippen molar-refractivity contribution in [2.45, 2.75) is 32.5 Å². The van der Waals surface area contributed by atoms with Gasteiger partial charge >= 0.3 is 5.97 Å². The van der Waals surface area contributed by atoms with E-state index < -0.39 is 6.10 Å². The van der Waals surface area contributed by atoms with E-state index >= 15 is 0 Å². The average molecular weight is 390 g/mol. The van der Waals surface area contributed by atoms with Crippen molar-refractivity contribution in [3.63, 3.8) is 0 Å². The molecule has 0 bridgehead atoms. The number of esters is 1. The Bertz CT molecular complexity index is 907. The number of hydrogen-bond acceptors (Lipinski definition) is 4. The molecule has 0 aromatic heterocycles. The van der Waals surface area contributed by atoms with Crippen LogP contribution < -0.4 is 0 Å². The molecule has 1 unspecified atom stereocenters. The second-order valence-corrected chi connectivity index (χ2v) is 6.87. The highest BCUT2D eigenvalue weighted by atomic mass is 16.6. The minimum atomic E-state index is -0.683. The first-order valence-corrected chi connectivity index (χ1v) is 9.82. The van der Waals surface area contributed by atoms with E-state index in [1.165, 1.54) is 0 Å². The molecule has 0 heterocycles. The zero-order chi connectivity index (χ0) is 20.5. The van der Waals surface area contributed by atoms with Gasteiger partial charge in [0, 0.05) is 19.4 Å². The molecule has 0 aliphatic carbocycles. The third kappa shape index (κ3) is 6.19. The van der Waals surface area contributed by atoms with Crippen LogP contribution in [0, 0.1) is 0 Å². The summed E-state index contributed by atoms with van der Waals surface area (Å²) in [6.07, 6.45) is 0.333. The van der Waals surface area contributed by atoms with Gasteiger partial charge in [-0.2, -0.15) is 0 Å². The Morgan fingerprint density at radius 2 is 1.55 bits per heavy atom. The van der Waals surface area contributed by atoms with Gasteiger partial charge in [0.1, 0.15) is 12.4 Å². The molecular formula is C25H26O4. The Hall–Kier alpha value is -3.11. The maximum atomic E-state index is 12.6. The van der Waals surface area contributed by atoms with Crippen LogP contribution in [-0.2, 0) is 33.7 Å². The minimum absolute atomic E-state index is 0.220. The maximum Gasteiger partial charge on any atom is 0.335 e. The summed E-state index contributed by atoms with van der Waals surface area (Å²) in [5.41, 5.74) is 3.79. The van der Waals surface area contributed by atoms with Gasteiger partial charge in [-0.1, -0.05) is 72.8 Å². The standard InChI is InChI=1S/C25H26O4/c1-2-28-24(25(27)29-18-20-11-7-4-8-12-20)17-21-13-14-23(26)22(16-21)15-19-9-5-3-6-10-19/h3-14,16,24,26H,2,15,17-18H2,1H3. The molecule has 1 N–H and O–H groups in total. The van der Waals surface area contributed by atoms with Crippen molar-refractivity contribution in [2.75, 3.05) is 6.61 Å². The molecule has 0 amide bonds. The Morgan fingerprint density at radius 1 is 0.897 bits per heavy atom. The molecular weight excluding hydrogens is 364 g/mol. The molecule has 0 radical (unpaired) electrons. The predicted molar refractivity (Wildman–Crippen MR) is 113 cm³/mol. The molecule has 3 aromatic rings. The number of benzene rings is 3. The van der Waals surface area contributed by atoms with Crippen molar-refractivity contribution in [3.8, 4) is 5.75 Å². The lowest BCUT2D eigenvalue weighted by Gasteiger charge is -2.17. The van der Waals surface area contributed by atoms with E-state index in [0.29, 0.717) is 19.4 Å². The Balaban J connectivity index is 1.67. The molecule has 4 heteroatoms. The van der Waals surface area contributed by atoms with Crippen LogP contribution in [0.1, 0.15) is 29.2 Å². The first-order valence-electron chi connectivity index (χ1n) is 9.82. The zero-order valence-electron chi connectivity index (χ0n) is 16.6. The fourth-order valence-electron chi connectivity index (χ4n) is 3.17. The van der Waals surface area contributed by atoms with Crippen LogP contribution in [-0.4, -0.2) is 23.8 Å². The van der Waals surface area contributed by atoms with E-state index in [2.05, 4.69) is 0 Å². The minimum Gasteiger partial charge on any atom is -0.508 e. The summed E-state index contributed by atoms with van der Waals surface area (Å²) in [6.45, 7) is 2.49. The first-order chi connectivity index (χ1) is 14.2. The van der Waals surface area contributed by atoms with Crippen molar-refractivity contribution < 1.29 is 19.4 Å². The molecule has 150 valence electrons. The summed E-state index contributed by atoms with van der Waals surface area (Å²) in [5, 5.41) is 10.2. The van der Waals surface area contributed by atoms with Crippen LogP contribution in [0.3, 0.4) is 0 Å². The Kier molecular flexibility index (Phi) is 7.42. The van der Waals surface area contributed by atoms with Crippen LogP contribution >= 0.6 is 0 Å². The highest BCUT2D eigenvalue weighted by Gasteiger charge is 2.21. The van der Waals surface area contributed by atoms with Crippen molar-refractivity contribution >= 4 is 5.97 Å². The quantitative estimate of drug-likeness (QED) is 0.539. The number of hydrogen-bond donors (Lipinski definition) is 1. The number of carbonyl (C=O) groups excluding carboxylic acids is 1. The van der Waals surface area contributed by atoms with Gasteiger partial charge in [0.25, 0.3) is 0 Å². The van der Waals surface area contributed by atoms with Gasteiger partial charge in [0.05, 0.1) is 0 Å². The topological polar surface area (TPSA) is 55.8 Å². The first kappa shape index (κ1) is 20.6. The second-order valence-electron chi connectivity index (χ2n) is 6.87. The average Bonchev–Trinajstić information content (AvgIpc) is 2.75. The number of phenols is 1. The largest absolute Gasteiger partial charge is 0.508 e. The Morgan fingerprint density at radius 3 is 2.21 bits per heavy atom. The zero-order valence-corrected chi connectivity index (χ0v) is 16.6. The summed E-state index contributed by atoms with van der Waals surface area (Å²) in [5.74, 6) is -0.134. The molecule has 0 aliphatic rings. The number of phenolic OH excluding ortho intramolecular Hbond substituents is 1. The maximum absolute atomic E-state index is 12.6. The molecule has 0 aliphatic heterocycles. The van der Waals surface area contributed by atoms with Gasteiger partial charge in [0.2, 0.25) is 0 Å². The molecule has 1 atom stereocenters. The van der Waals surface area contributed by atoms with Gasteiger partial charge < -0.3 is 14.6 Å². The summed E-state index contributed by atoms with van der Waals surface area (Å²) < 4.78 is 11.1. The van der Waals surface area contributed by atoms with Crippen LogP contribution in [0.5, 0.6) is 5.75 Å². The van der Waals surface area contributed by atoms with Gasteiger partial charge in [0.15, 0.2) is 6.10 Å². The predicted octanol–water partition coefficient (Wildman–Crippen LogP) is 4.67. The smallest absolute Gasteiger partial charge is 0.335 e. The van der Waals surface area contributed by atoms with Gasteiger partial charge in [-0.3, -0.25) is 0 Å². The van der Waals surface area contributed by atoms with E-state index in [1.54, 1.807) is 6.07 Å². The van der Waals surface area contributed by atoms with Crippen molar-refractivity contribution in [2.24, 2.45) is 0 Å². The van der Waals surface area contributed by atoms with Gasteiger partial charge in [-0.05, 0) is 35.2 Å². The molecule has 4 nitrogen and oxygen atoms in total. The normalized spacial score (nSPS) is 11.8. The SMILES string of the molecule is CCOC(Cc1ccc(O)c(Cc2ccccc2)c1)C(=O)OCc1ccccc1. The Labute approximate surface area is 171 Å². The summed E-state index contributed by atoms with van der Waals surface area (Å²) in [7, 11) is 0. The van der Waals surface area contributed by atoms with Crippen LogP contribution in [0.4, 0.5) is 0 Å². The van der Waals surface area contributed by atoms with Crippen molar-refractivity contribution in [3.05, 3.63) is 101 Å². The van der Waals surface area contributed by atoms with Crippen LogP contribution in [0.15, 0.2) is 78.9 Å². The van der Waals surface area contributed by atoms with Gasteiger partial charge in [-0.25, -0.2) is 4.79 Å². The number of rotatable bonds is 9. The highest BCUT2D eigenvalue weighted by molar-refractivity contribution is 5.75. The van der Waals surface area contributed by atoms with E-state index in [-0.39, 0.29) is 18.3 Å². The highest BCUT2D eigenvalue weighted by Crippen LogP contribution is 2.23. The van der Waals surface area contributed by atoms with Crippen molar-refractivity contribution in [1.82, 2.24) is 0 Å². The van der Waals surface area contributed by atoms with E-state index in [4.69, 9.17) is 9.47 Å². The number of ether oxygens (including phenoxy) is 2. The molecule has 3 rings (SSSR count). The van der Waals surface area contributed by atoms with E-state index in [0.717, 1.165) is 22.3 Å². The molecule has 29 heavy (non-hydrogen) atoms. The molecule has 0 saturated heterocycles. The molecule has 0 saturated carbocycles. The van der Waals surface area contributed by atoms with Crippen LogP contribution in [0.2, 0.25) is 0 Å². The lowest BCUT2D eigenvalue weighted by Crippen LogP contribution is -2.29. The summed E-state index contributed by atoms with van der Waals surface area (Å²) in [6, 6.07) is 25.0. The molecule has 0 fully saturated rings. The fraction of sp³-hybridized carbons (Fsp3) is 0.240. The van der Waals surface area contributed by atoms with E-state index in [9.17, 15) is 9.90 Å². The monoisotopic (exact) mass is 390 g/mol. The molecule has 0 spiro atoms. The number of carbonyl (C=O) groups is 1. The lowest BCUT2D eigenvalue weighted by atomic mass is 9.99. The molecule has 3 aromatic carbocycles. The van der Waals surface area contributed by atoms with Crippen molar-refractivity contribution in [1.29, 1.82) is 0 Å².